The van der Waals surface area contributed by atoms with Crippen molar-refractivity contribution in [2.45, 2.75) is 6.61 Å². The molecule has 110 valence electrons. The highest BCUT2D eigenvalue weighted by molar-refractivity contribution is 6.29. The van der Waals surface area contributed by atoms with Crippen molar-refractivity contribution < 1.29 is 4.74 Å². The number of ether oxygens (including phenoxy) is 1. The standard InChI is InChI=1S/C12H9ClN8O/c13-7-2-1-3-9-16-17-10(21(7)9)5-22-6-4-8(14)15-12-11(6)18-20-19-12/h1-4H,5H2,(H3,14,15,18,19,20). The SMILES string of the molecule is Nc1cc(OCc2nnc3cccc(Cl)n23)c2nn[nH]c2n1. The van der Waals surface area contributed by atoms with Crippen molar-refractivity contribution >= 4 is 34.2 Å². The van der Waals surface area contributed by atoms with Crippen LogP contribution < -0.4 is 10.5 Å². The predicted octanol–water partition coefficient (Wildman–Crippen LogP) is 1.21. The van der Waals surface area contributed by atoms with E-state index in [0.29, 0.717) is 39.4 Å². The summed E-state index contributed by atoms with van der Waals surface area (Å²) in [5.74, 6) is 1.32. The Bertz CT molecular complexity index is 978. The molecule has 3 N–H and O–H groups in total. The fourth-order valence-electron chi connectivity index (χ4n) is 2.14. The number of hydrogen-bond donors (Lipinski definition) is 2. The minimum absolute atomic E-state index is 0.149. The van der Waals surface area contributed by atoms with Crippen LogP contribution in [0.25, 0.3) is 16.8 Å². The number of nitrogens with two attached hydrogens (primary N) is 1. The van der Waals surface area contributed by atoms with Crippen LogP contribution >= 0.6 is 11.6 Å². The number of pyridine rings is 2. The second-order valence-corrected chi connectivity index (χ2v) is 4.89. The molecule has 4 aromatic heterocycles. The van der Waals surface area contributed by atoms with Crippen LogP contribution in [0.3, 0.4) is 0 Å². The third-order valence-electron chi connectivity index (χ3n) is 3.09. The molecule has 4 aromatic rings. The van der Waals surface area contributed by atoms with Crippen molar-refractivity contribution in [2.24, 2.45) is 0 Å². The first-order valence-corrected chi connectivity index (χ1v) is 6.69. The zero-order valence-electron chi connectivity index (χ0n) is 11.1. The highest BCUT2D eigenvalue weighted by atomic mass is 35.5. The highest BCUT2D eigenvalue weighted by Crippen LogP contribution is 2.24. The van der Waals surface area contributed by atoms with E-state index in [4.69, 9.17) is 22.1 Å². The van der Waals surface area contributed by atoms with Gasteiger partial charge in [0, 0.05) is 6.07 Å². The number of nitrogen functional groups attached to an aromatic ring is 1. The largest absolute Gasteiger partial charge is 0.483 e. The topological polar surface area (TPSA) is 120 Å². The summed E-state index contributed by atoms with van der Waals surface area (Å²) < 4.78 is 7.44. The van der Waals surface area contributed by atoms with Crippen LogP contribution in [0.15, 0.2) is 24.3 Å². The summed E-state index contributed by atoms with van der Waals surface area (Å²) in [7, 11) is 0. The zero-order valence-corrected chi connectivity index (χ0v) is 11.8. The first-order valence-electron chi connectivity index (χ1n) is 6.31. The first-order chi connectivity index (χ1) is 10.7. The summed E-state index contributed by atoms with van der Waals surface area (Å²) >= 11 is 6.16. The smallest absolute Gasteiger partial charge is 0.181 e. The highest BCUT2D eigenvalue weighted by Gasteiger charge is 2.12. The van der Waals surface area contributed by atoms with Crippen molar-refractivity contribution in [1.82, 2.24) is 35.0 Å². The monoisotopic (exact) mass is 316 g/mol. The number of halogens is 1. The molecule has 0 unspecified atom stereocenters. The summed E-state index contributed by atoms with van der Waals surface area (Å²) in [4.78, 5) is 4.07. The number of anilines is 1. The van der Waals surface area contributed by atoms with Gasteiger partial charge in [-0.3, -0.25) is 4.40 Å². The van der Waals surface area contributed by atoms with Gasteiger partial charge in [0.25, 0.3) is 0 Å². The summed E-state index contributed by atoms with van der Waals surface area (Å²) in [6.45, 7) is 0.149. The van der Waals surface area contributed by atoms with E-state index >= 15 is 0 Å². The van der Waals surface area contributed by atoms with Gasteiger partial charge in [-0.25, -0.2) is 10.1 Å². The fraction of sp³-hybridized carbons (Fsp3) is 0.0833. The number of nitrogens with one attached hydrogen (secondary N) is 1. The number of aromatic nitrogens is 7. The van der Waals surface area contributed by atoms with Crippen LogP contribution in [0.2, 0.25) is 5.15 Å². The summed E-state index contributed by atoms with van der Waals surface area (Å²) in [5.41, 5.74) is 7.32. The lowest BCUT2D eigenvalue weighted by Gasteiger charge is -2.06. The van der Waals surface area contributed by atoms with Crippen LogP contribution in [0.1, 0.15) is 5.82 Å². The molecule has 0 aromatic carbocycles. The lowest BCUT2D eigenvalue weighted by molar-refractivity contribution is 0.297. The third kappa shape index (κ3) is 1.99. The van der Waals surface area contributed by atoms with Crippen molar-refractivity contribution in [3.8, 4) is 5.75 Å². The Morgan fingerprint density at radius 2 is 2.18 bits per heavy atom. The molecule has 0 aliphatic carbocycles. The zero-order chi connectivity index (χ0) is 15.1. The van der Waals surface area contributed by atoms with Crippen LogP contribution in [0.5, 0.6) is 5.75 Å². The molecule has 9 nitrogen and oxygen atoms in total. The molecule has 4 rings (SSSR count). The average molecular weight is 317 g/mol. The molecule has 0 amide bonds. The van der Waals surface area contributed by atoms with Gasteiger partial charge in [-0.2, -0.15) is 0 Å². The van der Waals surface area contributed by atoms with Crippen molar-refractivity contribution in [2.75, 3.05) is 5.73 Å². The van der Waals surface area contributed by atoms with E-state index in [1.54, 1.807) is 22.6 Å². The van der Waals surface area contributed by atoms with Crippen LogP contribution in [-0.2, 0) is 6.61 Å². The number of fused-ring (bicyclic) bond motifs is 2. The van der Waals surface area contributed by atoms with E-state index in [2.05, 4.69) is 30.6 Å². The maximum absolute atomic E-state index is 6.16. The third-order valence-corrected chi connectivity index (χ3v) is 3.38. The fourth-order valence-corrected chi connectivity index (χ4v) is 2.39. The Hall–Kier alpha value is -2.94. The molecule has 10 heteroatoms. The lowest BCUT2D eigenvalue weighted by atomic mass is 10.4. The molecular formula is C12H9ClN8O. The van der Waals surface area contributed by atoms with Crippen molar-refractivity contribution in [3.63, 3.8) is 0 Å². The maximum atomic E-state index is 6.16. The van der Waals surface area contributed by atoms with Gasteiger partial charge in [0.15, 0.2) is 28.4 Å². The summed E-state index contributed by atoms with van der Waals surface area (Å²) in [6, 6.07) is 6.94. The first kappa shape index (κ1) is 12.8. The molecule has 0 radical (unpaired) electrons. The van der Waals surface area contributed by atoms with Gasteiger partial charge in [-0.15, -0.1) is 15.3 Å². The van der Waals surface area contributed by atoms with E-state index in [1.165, 1.54) is 0 Å². The molecular weight excluding hydrogens is 308 g/mol. The number of aromatic amines is 1. The van der Waals surface area contributed by atoms with Crippen LogP contribution in [-0.4, -0.2) is 35.0 Å². The van der Waals surface area contributed by atoms with Gasteiger partial charge < -0.3 is 10.5 Å². The van der Waals surface area contributed by atoms with E-state index in [0.717, 1.165) is 0 Å². The average Bonchev–Trinajstić information content (AvgIpc) is 3.11. The molecule has 0 bridgehead atoms. The Kier molecular flexibility index (Phi) is 2.79. The van der Waals surface area contributed by atoms with E-state index in [-0.39, 0.29) is 6.61 Å². The van der Waals surface area contributed by atoms with Gasteiger partial charge in [0.2, 0.25) is 0 Å². The van der Waals surface area contributed by atoms with Crippen molar-refractivity contribution in [1.29, 1.82) is 0 Å². The molecule has 22 heavy (non-hydrogen) atoms. The van der Waals surface area contributed by atoms with Gasteiger partial charge in [-0.05, 0) is 12.1 Å². The molecule has 0 atom stereocenters. The lowest BCUT2D eigenvalue weighted by Crippen LogP contribution is -2.03. The maximum Gasteiger partial charge on any atom is 0.181 e. The molecule has 0 saturated carbocycles. The van der Waals surface area contributed by atoms with E-state index in [1.807, 2.05) is 6.07 Å². The van der Waals surface area contributed by atoms with Gasteiger partial charge in [0.1, 0.15) is 17.6 Å². The number of nitrogens with zero attached hydrogens (tertiary/aromatic N) is 6. The Morgan fingerprint density at radius 3 is 3.09 bits per heavy atom. The number of hydrogen-bond acceptors (Lipinski definition) is 7. The minimum Gasteiger partial charge on any atom is -0.483 e. The summed E-state index contributed by atoms with van der Waals surface area (Å²) in [5, 5.41) is 18.9. The molecule has 0 spiro atoms. The Morgan fingerprint density at radius 1 is 1.27 bits per heavy atom. The van der Waals surface area contributed by atoms with E-state index < -0.39 is 0 Å². The van der Waals surface area contributed by atoms with Crippen molar-refractivity contribution in [3.05, 3.63) is 35.2 Å². The molecule has 0 saturated heterocycles. The minimum atomic E-state index is 0.149. The quantitative estimate of drug-likeness (QED) is 0.545. The van der Waals surface area contributed by atoms with Gasteiger partial charge in [0.05, 0.1) is 0 Å². The Labute approximate surface area is 128 Å². The van der Waals surface area contributed by atoms with Gasteiger partial charge in [-0.1, -0.05) is 22.9 Å². The Balaban J connectivity index is 1.70. The molecule has 4 heterocycles. The van der Waals surface area contributed by atoms with Gasteiger partial charge >= 0.3 is 0 Å². The van der Waals surface area contributed by atoms with Crippen LogP contribution in [0.4, 0.5) is 5.82 Å². The van der Waals surface area contributed by atoms with Crippen LogP contribution in [0, 0.1) is 0 Å². The summed E-state index contributed by atoms with van der Waals surface area (Å²) in [6.07, 6.45) is 0. The molecule has 0 fully saturated rings. The normalized spacial score (nSPS) is 11.3. The number of H-pyrrole nitrogens is 1. The van der Waals surface area contributed by atoms with E-state index in [9.17, 15) is 0 Å². The second-order valence-electron chi connectivity index (χ2n) is 4.50. The molecule has 0 aliphatic rings. The number of rotatable bonds is 3. The predicted molar refractivity (Wildman–Crippen MR) is 78.4 cm³/mol. The second kappa shape index (κ2) is 4.81. The molecule has 0 aliphatic heterocycles.